The summed E-state index contributed by atoms with van der Waals surface area (Å²) >= 11 is 0. The molecule has 0 aliphatic heterocycles. The molecule has 12 nitrogen and oxygen atoms in total. The number of fused-ring (bicyclic) bond motifs is 1. The lowest BCUT2D eigenvalue weighted by molar-refractivity contribution is -0.166. The van der Waals surface area contributed by atoms with Gasteiger partial charge in [-0.1, -0.05) is 19.1 Å². The Balaban J connectivity index is 2.04. The Hall–Kier alpha value is -2.40. The molecule has 2 heterocycles. The molecule has 0 fully saturated rings. The molecule has 0 bridgehead atoms. The smallest absolute Gasteiger partial charge is 0.364 e. The number of hydrogen-bond acceptors (Lipinski definition) is 10. The van der Waals surface area contributed by atoms with E-state index < -0.39 is 51.5 Å². The molecule has 1 atom stereocenters. The summed E-state index contributed by atoms with van der Waals surface area (Å²) in [6.07, 6.45) is -10.4. The monoisotopic (exact) mass is 566 g/mol. The first-order valence-electron chi connectivity index (χ1n) is 10.7. The number of halogens is 6. The minimum Gasteiger partial charge on any atom is -0.364 e. The third-order valence-corrected chi connectivity index (χ3v) is 5.78. The molecule has 0 saturated carbocycles. The Labute approximate surface area is 206 Å². The van der Waals surface area contributed by atoms with Gasteiger partial charge in [0.2, 0.25) is 0 Å². The molecule has 0 unspecified atom stereocenters. The first kappa shape index (κ1) is 30.8. The fourth-order valence-corrected chi connectivity index (χ4v) is 3.86. The van der Waals surface area contributed by atoms with Crippen LogP contribution in [-0.2, 0) is 29.7 Å². The second-order valence-corrected chi connectivity index (χ2v) is 10.1. The lowest BCUT2D eigenvalue weighted by atomic mass is 10.1. The number of nitrogens with zero attached hydrogens (tertiary/aromatic N) is 5. The van der Waals surface area contributed by atoms with Crippen molar-refractivity contribution in [1.82, 2.24) is 30.4 Å². The first-order chi connectivity index (χ1) is 17.1. The second kappa shape index (κ2) is 12.9. The van der Waals surface area contributed by atoms with E-state index in [1.165, 1.54) is 6.92 Å². The quantitative estimate of drug-likeness (QED) is 0.156. The van der Waals surface area contributed by atoms with Crippen LogP contribution in [0.1, 0.15) is 37.7 Å². The number of ether oxygens (including phenoxy) is 1. The van der Waals surface area contributed by atoms with Gasteiger partial charge in [0.25, 0.3) is 5.91 Å². The molecule has 0 aliphatic rings. The van der Waals surface area contributed by atoms with Gasteiger partial charge in [0.15, 0.2) is 30.1 Å². The molecule has 37 heavy (non-hydrogen) atoms. The Kier molecular flexibility index (Phi) is 10.8. The number of rotatable bonds is 14. The van der Waals surface area contributed by atoms with Gasteiger partial charge in [0.1, 0.15) is 12.7 Å². The molecule has 2 rings (SSSR count). The van der Waals surface area contributed by atoms with Gasteiger partial charge in [-0.25, -0.2) is 20.1 Å². The van der Waals surface area contributed by atoms with E-state index in [0.29, 0.717) is 12.3 Å². The lowest BCUT2D eigenvalue weighted by Crippen LogP contribution is -2.26. The normalized spacial score (nSPS) is 13.9. The number of carbonyl (C=O) groups is 1. The molecule has 210 valence electrons. The summed E-state index contributed by atoms with van der Waals surface area (Å²) in [4.78, 5) is 25.3. The van der Waals surface area contributed by atoms with Gasteiger partial charge in [-0.15, -0.1) is 5.10 Å². The van der Waals surface area contributed by atoms with Crippen molar-refractivity contribution in [3.8, 4) is 0 Å². The Morgan fingerprint density at radius 3 is 2.27 bits per heavy atom. The molecule has 0 radical (unpaired) electrons. The van der Waals surface area contributed by atoms with Gasteiger partial charge in [0, 0.05) is 0 Å². The number of hydroxylamine groups is 1. The van der Waals surface area contributed by atoms with E-state index in [0.717, 1.165) is 11.0 Å². The number of aromatic nitrogens is 5. The number of amides is 1. The van der Waals surface area contributed by atoms with Crippen LogP contribution in [0.2, 0.25) is 0 Å². The van der Waals surface area contributed by atoms with Crippen molar-refractivity contribution in [2.45, 2.75) is 52.2 Å². The summed E-state index contributed by atoms with van der Waals surface area (Å²) in [7, 11) is -4.95. The third-order valence-electron chi connectivity index (χ3n) is 4.27. The number of alkyl halides is 6. The molecule has 0 spiro atoms. The average Bonchev–Trinajstić information content (AvgIpc) is 3.20. The summed E-state index contributed by atoms with van der Waals surface area (Å²) in [6, 6.07) is 0. The van der Waals surface area contributed by atoms with Crippen LogP contribution in [0.3, 0.4) is 0 Å². The predicted octanol–water partition coefficient (Wildman–Crippen LogP) is 3.64. The van der Waals surface area contributed by atoms with E-state index in [9.17, 15) is 35.7 Å². The highest BCUT2D eigenvalue weighted by Gasteiger charge is 2.39. The predicted molar refractivity (Wildman–Crippen MR) is 113 cm³/mol. The van der Waals surface area contributed by atoms with Gasteiger partial charge in [-0.2, -0.15) is 26.3 Å². The van der Waals surface area contributed by atoms with Crippen molar-refractivity contribution < 1.29 is 54.3 Å². The van der Waals surface area contributed by atoms with E-state index in [2.05, 4.69) is 34.8 Å². The van der Waals surface area contributed by atoms with Crippen LogP contribution < -0.4 is 5.48 Å². The minimum atomic E-state index is -4.97. The summed E-state index contributed by atoms with van der Waals surface area (Å²) in [5.41, 5.74) is 2.14. The Morgan fingerprint density at radius 2 is 1.70 bits per heavy atom. The van der Waals surface area contributed by atoms with Crippen molar-refractivity contribution >= 4 is 24.7 Å². The zero-order valence-electron chi connectivity index (χ0n) is 19.9. The maximum Gasteiger partial charge on any atom is 0.412 e. The molecule has 2 aromatic heterocycles. The molecule has 0 aromatic carbocycles. The summed E-state index contributed by atoms with van der Waals surface area (Å²) in [5.74, 6) is -0.356. The van der Waals surface area contributed by atoms with Crippen LogP contribution >= 0.6 is 7.60 Å². The van der Waals surface area contributed by atoms with E-state index in [4.69, 9.17) is 9.57 Å². The average molecular weight is 566 g/mol. The van der Waals surface area contributed by atoms with E-state index in [-0.39, 0.29) is 30.0 Å². The maximum absolute atomic E-state index is 12.4. The number of hydrogen-bond donors (Lipinski definition) is 1. The van der Waals surface area contributed by atoms with Crippen LogP contribution in [0.5, 0.6) is 0 Å². The zero-order valence-corrected chi connectivity index (χ0v) is 20.8. The van der Waals surface area contributed by atoms with Gasteiger partial charge >= 0.3 is 19.9 Å². The van der Waals surface area contributed by atoms with Crippen LogP contribution in [0, 0.1) is 5.92 Å². The second-order valence-electron chi connectivity index (χ2n) is 8.12. The van der Waals surface area contributed by atoms with Crippen LogP contribution in [0.15, 0.2) is 6.33 Å². The van der Waals surface area contributed by atoms with Crippen molar-refractivity contribution in [2.24, 2.45) is 5.92 Å². The van der Waals surface area contributed by atoms with Gasteiger partial charge in [0.05, 0.1) is 19.3 Å². The minimum absolute atomic E-state index is 0.00708. The first-order valence-corrected chi connectivity index (χ1v) is 12.4. The van der Waals surface area contributed by atoms with E-state index >= 15 is 0 Å². The zero-order chi connectivity index (χ0) is 27.9. The Bertz CT molecular complexity index is 1060. The van der Waals surface area contributed by atoms with Crippen LogP contribution in [-0.4, -0.2) is 75.5 Å². The highest BCUT2D eigenvalue weighted by molar-refractivity contribution is 7.53. The molecule has 1 amide bonds. The Morgan fingerprint density at radius 1 is 1.08 bits per heavy atom. The van der Waals surface area contributed by atoms with Crippen molar-refractivity contribution in [3.05, 3.63) is 12.0 Å². The standard InChI is InChI=1S/C18H25F6N6O6P/c1-11(2)4-5-34-28-16(31)14-13-15(26-9-25-14)30(29-27-13)6-12(3)33-10-37(32,35-7-17(19,20)21)36-8-18(22,23)24/h9,11-12H,4-8,10H2,1-3H3,(H,28,31)/t12-/m1/s1. The molecular weight excluding hydrogens is 541 g/mol. The number of nitrogens with one attached hydrogen (secondary N) is 1. The fraction of sp³-hybridized carbons (Fsp3) is 0.722. The molecule has 19 heteroatoms. The molecular formula is C18H25F6N6O6P. The van der Waals surface area contributed by atoms with Gasteiger partial charge < -0.3 is 4.74 Å². The summed E-state index contributed by atoms with van der Waals surface area (Å²) < 4.78 is 102. The molecule has 0 saturated heterocycles. The van der Waals surface area contributed by atoms with Gasteiger partial charge in [-0.3, -0.25) is 23.2 Å². The topological polar surface area (TPSA) is 140 Å². The lowest BCUT2D eigenvalue weighted by Gasteiger charge is -2.22. The highest BCUT2D eigenvalue weighted by Crippen LogP contribution is 2.50. The van der Waals surface area contributed by atoms with Crippen molar-refractivity contribution in [3.63, 3.8) is 0 Å². The molecule has 1 N–H and O–H groups in total. The van der Waals surface area contributed by atoms with Crippen LogP contribution in [0.4, 0.5) is 26.3 Å². The molecule has 0 aliphatic carbocycles. The van der Waals surface area contributed by atoms with Crippen molar-refractivity contribution in [1.29, 1.82) is 0 Å². The third kappa shape index (κ3) is 10.9. The fourth-order valence-electron chi connectivity index (χ4n) is 2.51. The maximum atomic E-state index is 12.4. The van der Waals surface area contributed by atoms with E-state index in [1.807, 2.05) is 13.8 Å². The van der Waals surface area contributed by atoms with Crippen molar-refractivity contribution in [2.75, 3.05) is 26.2 Å². The molecule has 2 aromatic rings. The van der Waals surface area contributed by atoms with Gasteiger partial charge in [-0.05, 0) is 19.3 Å². The SMILES string of the molecule is CC(C)CCONC(=O)c1ncnc2c1nnn2C[C@@H](C)OCP(=O)(OCC(F)(F)F)OCC(F)(F)F. The summed E-state index contributed by atoms with van der Waals surface area (Å²) in [6.45, 7) is 1.19. The largest absolute Gasteiger partial charge is 0.412 e. The highest BCUT2D eigenvalue weighted by atomic mass is 31.2. The summed E-state index contributed by atoms with van der Waals surface area (Å²) in [5, 5.41) is 7.65. The van der Waals surface area contributed by atoms with E-state index in [1.54, 1.807) is 0 Å². The van der Waals surface area contributed by atoms with Crippen LogP contribution in [0.25, 0.3) is 11.2 Å². The number of carbonyl (C=O) groups excluding carboxylic acids is 1.